The largest absolute Gasteiger partial charge is 0.342 e. The number of hydrogen-bond donors (Lipinski definition) is 0. The fraction of sp³-hybridized carbons (Fsp3) is 0.900. The van der Waals surface area contributed by atoms with E-state index in [0.717, 1.165) is 18.9 Å². The molecule has 2 saturated carbocycles. The van der Waals surface area contributed by atoms with E-state index < -0.39 is 0 Å². The van der Waals surface area contributed by atoms with Crippen molar-refractivity contribution in [3.8, 4) is 0 Å². The van der Waals surface area contributed by atoms with E-state index in [1.807, 2.05) is 4.90 Å². The van der Waals surface area contributed by atoms with E-state index in [2.05, 4.69) is 0 Å². The van der Waals surface area contributed by atoms with Crippen molar-refractivity contribution < 1.29 is 4.79 Å². The zero-order valence-corrected chi connectivity index (χ0v) is 7.54. The Morgan fingerprint density at radius 1 is 1.25 bits per heavy atom. The van der Waals surface area contributed by atoms with Gasteiger partial charge in [0.05, 0.1) is 0 Å². The Labute approximate surface area is 73.9 Å². The summed E-state index contributed by atoms with van der Waals surface area (Å²) in [6.07, 6.45) is 8.97. The minimum Gasteiger partial charge on any atom is -0.342 e. The highest BCUT2D eigenvalue weighted by molar-refractivity contribution is 5.48. The Morgan fingerprint density at radius 2 is 2.00 bits per heavy atom. The standard InChI is InChI=1S/C10H17NO/c12-8-11(10-4-5-10)7-6-9-2-1-3-9/h8-10H,1-7H2. The average Bonchev–Trinajstić information content (AvgIpc) is 2.77. The summed E-state index contributed by atoms with van der Waals surface area (Å²) >= 11 is 0. The third kappa shape index (κ3) is 1.79. The quantitative estimate of drug-likeness (QED) is 0.572. The van der Waals surface area contributed by atoms with Crippen LogP contribution in [0, 0.1) is 5.92 Å². The smallest absolute Gasteiger partial charge is 0.209 e. The SMILES string of the molecule is O=CN(CCC1CCC1)C1CC1. The Bertz CT molecular complexity index is 161. The van der Waals surface area contributed by atoms with E-state index in [-0.39, 0.29) is 0 Å². The predicted octanol–water partition coefficient (Wildman–Crippen LogP) is 1.80. The number of hydrogen-bond acceptors (Lipinski definition) is 1. The number of nitrogens with zero attached hydrogens (tertiary/aromatic N) is 1. The van der Waals surface area contributed by atoms with E-state index in [9.17, 15) is 4.79 Å². The summed E-state index contributed by atoms with van der Waals surface area (Å²) in [6, 6.07) is 0.613. The highest BCUT2D eigenvalue weighted by atomic mass is 16.1. The fourth-order valence-corrected chi connectivity index (χ4v) is 1.84. The van der Waals surface area contributed by atoms with Crippen LogP contribution in [-0.4, -0.2) is 23.9 Å². The van der Waals surface area contributed by atoms with Crippen molar-refractivity contribution in [1.29, 1.82) is 0 Å². The van der Waals surface area contributed by atoms with Gasteiger partial charge in [-0.25, -0.2) is 0 Å². The maximum atomic E-state index is 10.6. The molecule has 0 bridgehead atoms. The Morgan fingerprint density at radius 3 is 2.42 bits per heavy atom. The van der Waals surface area contributed by atoms with E-state index in [1.165, 1.54) is 38.5 Å². The van der Waals surface area contributed by atoms with Crippen LogP contribution in [0.15, 0.2) is 0 Å². The molecule has 0 radical (unpaired) electrons. The summed E-state index contributed by atoms with van der Waals surface area (Å²) in [6.45, 7) is 1.01. The summed E-state index contributed by atoms with van der Waals surface area (Å²) in [5.74, 6) is 0.936. The molecule has 0 atom stereocenters. The van der Waals surface area contributed by atoms with Crippen LogP contribution < -0.4 is 0 Å². The molecule has 1 amide bonds. The molecule has 2 fully saturated rings. The molecule has 0 aromatic carbocycles. The lowest BCUT2D eigenvalue weighted by Crippen LogP contribution is -2.28. The lowest BCUT2D eigenvalue weighted by Gasteiger charge is -2.27. The van der Waals surface area contributed by atoms with E-state index in [4.69, 9.17) is 0 Å². The number of carbonyl (C=O) groups is 1. The minimum absolute atomic E-state index is 0.613. The summed E-state index contributed by atoms with van der Waals surface area (Å²) in [5, 5.41) is 0. The predicted molar refractivity (Wildman–Crippen MR) is 47.8 cm³/mol. The molecule has 68 valence electrons. The van der Waals surface area contributed by atoms with Crippen molar-refractivity contribution in [2.75, 3.05) is 6.54 Å². The van der Waals surface area contributed by atoms with Crippen molar-refractivity contribution in [3.05, 3.63) is 0 Å². The van der Waals surface area contributed by atoms with Crippen molar-refractivity contribution in [2.45, 2.75) is 44.6 Å². The van der Waals surface area contributed by atoms with Crippen molar-refractivity contribution in [1.82, 2.24) is 4.90 Å². The van der Waals surface area contributed by atoms with Crippen LogP contribution in [0.5, 0.6) is 0 Å². The van der Waals surface area contributed by atoms with Gasteiger partial charge in [-0.15, -0.1) is 0 Å². The van der Waals surface area contributed by atoms with Gasteiger partial charge in [-0.05, 0) is 25.2 Å². The van der Waals surface area contributed by atoms with Crippen LogP contribution in [0.1, 0.15) is 38.5 Å². The maximum absolute atomic E-state index is 10.6. The molecular formula is C10H17NO. The molecule has 0 aromatic heterocycles. The molecule has 2 heteroatoms. The van der Waals surface area contributed by atoms with Crippen LogP contribution in [-0.2, 0) is 4.79 Å². The molecule has 0 N–H and O–H groups in total. The van der Waals surface area contributed by atoms with Crippen LogP contribution in [0.4, 0.5) is 0 Å². The third-order valence-corrected chi connectivity index (χ3v) is 3.17. The number of carbonyl (C=O) groups excluding carboxylic acids is 1. The second-order valence-corrected chi connectivity index (χ2v) is 4.16. The lowest BCUT2D eigenvalue weighted by molar-refractivity contribution is -0.118. The van der Waals surface area contributed by atoms with Gasteiger partial charge in [-0.1, -0.05) is 19.3 Å². The van der Waals surface area contributed by atoms with Crippen LogP contribution in [0.2, 0.25) is 0 Å². The van der Waals surface area contributed by atoms with Crippen LogP contribution in [0.3, 0.4) is 0 Å². The lowest BCUT2D eigenvalue weighted by atomic mass is 9.83. The highest BCUT2D eigenvalue weighted by Crippen LogP contribution is 2.31. The summed E-state index contributed by atoms with van der Waals surface area (Å²) in [5.41, 5.74) is 0. The van der Waals surface area contributed by atoms with Crippen LogP contribution in [0.25, 0.3) is 0 Å². The van der Waals surface area contributed by atoms with Gasteiger partial charge in [0.25, 0.3) is 0 Å². The van der Waals surface area contributed by atoms with Crippen molar-refractivity contribution in [2.24, 2.45) is 5.92 Å². The monoisotopic (exact) mass is 167 g/mol. The Kier molecular flexibility index (Phi) is 2.33. The van der Waals surface area contributed by atoms with E-state index >= 15 is 0 Å². The molecule has 0 unspecified atom stereocenters. The molecule has 0 heterocycles. The second kappa shape index (κ2) is 3.46. The molecule has 0 spiro atoms. The van der Waals surface area contributed by atoms with E-state index in [0.29, 0.717) is 6.04 Å². The molecule has 2 nitrogen and oxygen atoms in total. The van der Waals surface area contributed by atoms with Crippen LogP contribution >= 0.6 is 0 Å². The van der Waals surface area contributed by atoms with Gasteiger partial charge < -0.3 is 4.90 Å². The third-order valence-electron chi connectivity index (χ3n) is 3.17. The van der Waals surface area contributed by atoms with Crippen molar-refractivity contribution in [3.63, 3.8) is 0 Å². The number of amides is 1. The average molecular weight is 167 g/mol. The summed E-state index contributed by atoms with van der Waals surface area (Å²) < 4.78 is 0. The molecule has 2 aliphatic rings. The first kappa shape index (κ1) is 8.09. The molecule has 12 heavy (non-hydrogen) atoms. The zero-order valence-electron chi connectivity index (χ0n) is 7.54. The molecule has 0 aliphatic heterocycles. The van der Waals surface area contributed by atoms with Gasteiger partial charge in [0.1, 0.15) is 0 Å². The molecule has 0 aromatic rings. The molecule has 0 saturated heterocycles. The molecule has 2 rings (SSSR count). The first-order chi connectivity index (χ1) is 5.90. The van der Waals surface area contributed by atoms with Gasteiger partial charge in [-0.3, -0.25) is 4.79 Å². The first-order valence-electron chi connectivity index (χ1n) is 5.11. The highest BCUT2D eigenvalue weighted by Gasteiger charge is 2.28. The topological polar surface area (TPSA) is 20.3 Å². The Balaban J connectivity index is 1.65. The number of rotatable bonds is 5. The van der Waals surface area contributed by atoms with Gasteiger partial charge >= 0.3 is 0 Å². The molecule has 2 aliphatic carbocycles. The van der Waals surface area contributed by atoms with Gasteiger partial charge in [-0.2, -0.15) is 0 Å². The Hall–Kier alpha value is -0.530. The van der Waals surface area contributed by atoms with Gasteiger partial charge in [0.15, 0.2) is 0 Å². The fourth-order valence-electron chi connectivity index (χ4n) is 1.84. The zero-order chi connectivity index (χ0) is 8.39. The second-order valence-electron chi connectivity index (χ2n) is 4.16. The summed E-state index contributed by atoms with van der Waals surface area (Å²) in [7, 11) is 0. The maximum Gasteiger partial charge on any atom is 0.209 e. The van der Waals surface area contributed by atoms with Gasteiger partial charge in [0.2, 0.25) is 6.41 Å². The minimum atomic E-state index is 0.613. The van der Waals surface area contributed by atoms with Gasteiger partial charge in [0, 0.05) is 12.6 Å². The first-order valence-corrected chi connectivity index (χ1v) is 5.11. The molecular weight excluding hydrogens is 150 g/mol. The summed E-state index contributed by atoms with van der Waals surface area (Å²) in [4.78, 5) is 12.6. The van der Waals surface area contributed by atoms with E-state index in [1.54, 1.807) is 0 Å². The van der Waals surface area contributed by atoms with Crippen molar-refractivity contribution >= 4 is 6.41 Å². The normalized spacial score (nSPS) is 23.3.